The Kier molecular flexibility index (Phi) is 78.2. The average Bonchev–Trinajstić information content (AvgIpc) is 0.917. The third-order valence-corrected chi connectivity index (χ3v) is 19.8. The zero-order valence-electron chi connectivity index (χ0n) is 72.8. The van der Waals surface area contributed by atoms with Crippen molar-refractivity contribution in [3.8, 4) is 0 Å². The molecule has 6 unspecified atom stereocenters. The quantitative estimate of drug-likeness (QED) is 0.00831. The molecular weight excluding hydrogens is 1540 g/mol. The van der Waals surface area contributed by atoms with Crippen LogP contribution in [0.1, 0.15) is 349 Å². The number of nitrogens with two attached hydrogens (primary N) is 2. The average molecular weight is 1700 g/mol. The van der Waals surface area contributed by atoms with Gasteiger partial charge in [-0.3, -0.25) is 43.2 Å². The van der Waals surface area contributed by atoms with E-state index in [0.29, 0.717) is 107 Å². The van der Waals surface area contributed by atoms with Crippen molar-refractivity contribution < 1.29 is 150 Å². The highest BCUT2D eigenvalue weighted by Gasteiger charge is 2.28. The molecule has 0 heterocycles. The lowest BCUT2D eigenvalue weighted by molar-refractivity contribution is -0.883. The second-order valence-corrected chi connectivity index (χ2v) is 31.9. The standard InChI is InChI=1S/C51H94N2O14.C35H64N2O10.2ClH/c1-3-5-19-33-44(66-48(58)37-27-25-29-40(52)50(60)61)42(54)31-21-15-11-7-9-13-17-23-35-46(56)64-39-65-47(57)36-24-18-14-10-8-12-16-22-32-43(55)45(34-20-6-4-2)67-49(59)38-28-26-30-41(53)51(62)63;1-8-9-10-17-20-32(47-35(42)28-37(6,7)24-26-44-31(3)39)21-18-15-13-11-12-14-16-19-22-33(40)45-29-46-34(41)27-36(4,5)23-25-43-30(2)38;;/h40-45,54-55H,3-39,52-53H2,1-2H3,(H,60,61)(H,62,63);15,18,32H,8-14,16-17,19-29H2,1-7H3;2*1H/q;+2;;/p-2/b;18-15-;;/t;32-;;/m.1../s1. The van der Waals surface area contributed by atoms with Gasteiger partial charge in [-0.25, -0.2) is 9.59 Å². The van der Waals surface area contributed by atoms with Crippen molar-refractivity contribution >= 4 is 65.7 Å². The lowest BCUT2D eigenvalue weighted by Crippen LogP contribution is -3.00. The van der Waals surface area contributed by atoms with Gasteiger partial charge in [0, 0.05) is 52.4 Å². The largest absolute Gasteiger partial charge is 1.00 e. The van der Waals surface area contributed by atoms with Gasteiger partial charge in [-0.2, -0.15) is 0 Å². The van der Waals surface area contributed by atoms with Crippen LogP contribution in [0.5, 0.6) is 0 Å². The molecule has 0 amide bonds. The molecule has 0 rings (SSSR count). The SMILES string of the molecule is CCCCCC(OC(=O)CCCCC(N)C(=O)O)C(O)CCCCCCCCCCC(=O)OCOC(=O)CCCCCCCCCCC(O)C(CCCCC)OC(=O)CCCCC(N)C(=O)O.CCCCCC[C@H](C/C=C\CCCCCCCC(=O)OCOC(=O)C[N+](C)(C)CCOC(C)=O)OC(=O)C[N+](C)(C)CCOC(C)=O.[Cl-].[Cl-]. The summed E-state index contributed by atoms with van der Waals surface area (Å²) in [5.74, 6) is -5.39. The molecule has 7 atom stereocenters. The molecule has 116 heavy (non-hydrogen) atoms. The summed E-state index contributed by atoms with van der Waals surface area (Å²) in [4.78, 5) is 129. The van der Waals surface area contributed by atoms with Crippen molar-refractivity contribution in [1.82, 2.24) is 0 Å². The molecule has 0 spiro atoms. The van der Waals surface area contributed by atoms with Crippen LogP contribution in [-0.2, 0) is 95.4 Å². The van der Waals surface area contributed by atoms with Crippen molar-refractivity contribution in [3.05, 3.63) is 12.2 Å². The molecule has 0 bridgehead atoms. The zero-order valence-corrected chi connectivity index (χ0v) is 74.3. The van der Waals surface area contributed by atoms with Gasteiger partial charge in [-0.1, -0.05) is 200 Å². The topological polar surface area (TPSA) is 404 Å². The van der Waals surface area contributed by atoms with Crippen molar-refractivity contribution in [2.45, 2.75) is 392 Å². The van der Waals surface area contributed by atoms with Gasteiger partial charge in [0.1, 0.15) is 56.7 Å². The predicted octanol–water partition coefficient (Wildman–Crippen LogP) is 8.36. The fourth-order valence-corrected chi connectivity index (χ4v) is 12.5. The molecule has 0 saturated carbocycles. The number of quaternary nitrogens is 2. The normalized spacial score (nSPS) is 13.1. The summed E-state index contributed by atoms with van der Waals surface area (Å²) >= 11 is 0. The maximum absolute atomic E-state index is 12.7. The Hall–Kier alpha value is -5.75. The van der Waals surface area contributed by atoms with Crippen LogP contribution in [0.3, 0.4) is 0 Å². The molecular formula is C86H158Cl2N4O24. The first-order chi connectivity index (χ1) is 54.4. The van der Waals surface area contributed by atoms with Crippen molar-refractivity contribution in [1.29, 1.82) is 0 Å². The molecule has 0 aromatic heterocycles. The van der Waals surface area contributed by atoms with E-state index in [1.54, 1.807) is 0 Å². The molecule has 0 aromatic rings. The Morgan fingerprint density at radius 3 is 1.00 bits per heavy atom. The minimum absolute atomic E-state index is 0. The van der Waals surface area contributed by atoms with E-state index in [1.807, 2.05) is 28.2 Å². The van der Waals surface area contributed by atoms with Crippen molar-refractivity contribution in [3.63, 3.8) is 0 Å². The van der Waals surface area contributed by atoms with Gasteiger partial charge in [0.05, 0.1) is 40.4 Å². The number of rotatable bonds is 76. The van der Waals surface area contributed by atoms with Crippen LogP contribution in [0.2, 0.25) is 0 Å². The Labute approximate surface area is 708 Å². The van der Waals surface area contributed by atoms with Gasteiger partial charge in [0.2, 0.25) is 13.6 Å². The van der Waals surface area contributed by atoms with Crippen LogP contribution in [-0.4, -0.2) is 219 Å². The molecule has 30 heteroatoms. The maximum atomic E-state index is 12.7. The van der Waals surface area contributed by atoms with Crippen LogP contribution in [0, 0.1) is 0 Å². The first-order valence-electron chi connectivity index (χ1n) is 43.5. The van der Waals surface area contributed by atoms with Gasteiger partial charge in [0.15, 0.2) is 13.1 Å². The number of allylic oxidation sites excluding steroid dienone is 1. The molecule has 0 aliphatic rings. The Morgan fingerprint density at radius 1 is 0.336 bits per heavy atom. The third kappa shape index (κ3) is 76.9. The van der Waals surface area contributed by atoms with Gasteiger partial charge >= 0.3 is 65.7 Å². The number of hydrogen-bond acceptors (Lipinski definition) is 24. The second kappa shape index (κ2) is 77.8. The van der Waals surface area contributed by atoms with Crippen LogP contribution >= 0.6 is 0 Å². The number of aliphatic hydroxyl groups is 2. The number of esters is 9. The summed E-state index contributed by atoms with van der Waals surface area (Å²) in [6.45, 7) is 10.1. The number of halogens is 2. The number of ether oxygens (including phenoxy) is 9. The summed E-state index contributed by atoms with van der Waals surface area (Å²) in [6, 6.07) is -1.86. The predicted molar refractivity (Wildman–Crippen MR) is 436 cm³/mol. The van der Waals surface area contributed by atoms with E-state index >= 15 is 0 Å². The molecule has 680 valence electrons. The number of aliphatic hydroxyl groups excluding tert-OH is 2. The highest BCUT2D eigenvalue weighted by atomic mass is 35.5. The fourth-order valence-electron chi connectivity index (χ4n) is 12.5. The number of carbonyl (C=O) groups excluding carboxylic acids is 9. The number of aliphatic carboxylic acids is 2. The Balaban J connectivity index is -0.00000113. The van der Waals surface area contributed by atoms with Gasteiger partial charge < -0.3 is 108 Å². The number of unbranched alkanes of at least 4 members (excludes halogenated alkanes) is 28. The highest BCUT2D eigenvalue weighted by Crippen LogP contribution is 2.23. The Bertz CT molecular complexity index is 2490. The molecule has 0 radical (unpaired) electrons. The summed E-state index contributed by atoms with van der Waals surface area (Å²) < 4.78 is 48.0. The van der Waals surface area contributed by atoms with Gasteiger partial charge in [-0.05, 0) is 109 Å². The minimum atomic E-state index is -1.05. The fraction of sp³-hybridized carbons (Fsp3) is 0.849. The van der Waals surface area contributed by atoms with Crippen molar-refractivity contribution in [2.24, 2.45) is 11.5 Å². The van der Waals surface area contributed by atoms with E-state index < -0.39 is 67.2 Å². The lowest BCUT2D eigenvalue weighted by atomic mass is 9.99. The monoisotopic (exact) mass is 1700 g/mol. The lowest BCUT2D eigenvalue weighted by Gasteiger charge is -2.29. The third-order valence-electron chi connectivity index (χ3n) is 19.8. The summed E-state index contributed by atoms with van der Waals surface area (Å²) in [7, 11) is 7.49. The molecule has 0 fully saturated rings. The Morgan fingerprint density at radius 2 is 0.629 bits per heavy atom. The number of likely N-dealkylation sites (N-methyl/N-ethyl adjacent to an activating group) is 2. The first-order valence-corrected chi connectivity index (χ1v) is 43.5. The molecule has 0 aliphatic carbocycles. The van der Waals surface area contributed by atoms with E-state index in [4.69, 9.17) is 64.3 Å². The van der Waals surface area contributed by atoms with E-state index in [9.17, 15) is 63.0 Å². The molecule has 28 nitrogen and oxygen atoms in total. The second-order valence-electron chi connectivity index (χ2n) is 31.9. The molecule has 8 N–H and O–H groups in total. The smallest absolute Gasteiger partial charge is 0.364 e. The number of nitrogens with zero attached hydrogens (tertiary/aromatic N) is 2. The number of carboxylic acids is 2. The minimum Gasteiger partial charge on any atom is -1.00 e. The van der Waals surface area contributed by atoms with Gasteiger partial charge in [-0.15, -0.1) is 0 Å². The molecule has 0 aromatic carbocycles. The van der Waals surface area contributed by atoms with E-state index in [-0.39, 0.29) is 142 Å². The van der Waals surface area contributed by atoms with E-state index in [2.05, 4.69) is 32.9 Å². The highest BCUT2D eigenvalue weighted by molar-refractivity contribution is 5.74. The first kappa shape index (κ1) is 117. The van der Waals surface area contributed by atoms with E-state index in [1.165, 1.54) is 20.3 Å². The van der Waals surface area contributed by atoms with Gasteiger partial charge in [0.25, 0.3) is 0 Å². The molecule has 0 aliphatic heterocycles. The van der Waals surface area contributed by atoms with Crippen LogP contribution < -0.4 is 36.3 Å². The molecule has 0 saturated heterocycles. The van der Waals surface area contributed by atoms with Crippen LogP contribution in [0.25, 0.3) is 0 Å². The zero-order chi connectivity index (χ0) is 85.5. The van der Waals surface area contributed by atoms with Crippen molar-refractivity contribution in [2.75, 3.05) is 81.2 Å². The van der Waals surface area contributed by atoms with E-state index in [0.717, 1.165) is 186 Å². The maximum Gasteiger partial charge on any atom is 0.364 e. The van der Waals surface area contributed by atoms with Crippen LogP contribution in [0.15, 0.2) is 12.2 Å². The number of hydrogen-bond donors (Lipinski definition) is 6. The van der Waals surface area contributed by atoms with Crippen LogP contribution in [0.4, 0.5) is 0 Å². The number of carbonyl (C=O) groups is 11. The number of carboxylic acid groups (broad SMARTS) is 2. The summed E-state index contributed by atoms with van der Waals surface area (Å²) in [5, 5.41) is 39.4. The summed E-state index contributed by atoms with van der Waals surface area (Å²) in [6.07, 6.45) is 40.6. The summed E-state index contributed by atoms with van der Waals surface area (Å²) in [5.41, 5.74) is 11.0.